The van der Waals surface area contributed by atoms with E-state index in [1.165, 1.54) is 0 Å². The first-order chi connectivity index (χ1) is 14.8. The number of rotatable bonds is 12. The van der Waals surface area contributed by atoms with Crippen molar-refractivity contribution in [1.29, 1.82) is 0 Å². The van der Waals surface area contributed by atoms with Crippen LogP contribution in [0.2, 0.25) is 5.02 Å². The molecular formula is C24H32ClN3O3. The third-order valence-corrected chi connectivity index (χ3v) is 6.32. The van der Waals surface area contributed by atoms with Gasteiger partial charge in [0.1, 0.15) is 17.4 Å². The van der Waals surface area contributed by atoms with Crippen LogP contribution in [0.1, 0.15) is 87.1 Å². The van der Waals surface area contributed by atoms with Gasteiger partial charge in [0.2, 0.25) is 0 Å². The summed E-state index contributed by atoms with van der Waals surface area (Å²) in [4.78, 5) is 24.5. The van der Waals surface area contributed by atoms with Crippen molar-refractivity contribution >= 4 is 23.4 Å². The van der Waals surface area contributed by atoms with Gasteiger partial charge in [-0.2, -0.15) is 0 Å². The van der Waals surface area contributed by atoms with E-state index in [2.05, 4.69) is 28.6 Å². The molecule has 0 amide bonds. The number of aromatic nitrogens is 3. The number of nitrogens with zero attached hydrogens (tertiary/aromatic N) is 3. The Morgan fingerprint density at radius 2 is 1.97 bits per heavy atom. The molecule has 0 aliphatic heterocycles. The Morgan fingerprint density at radius 1 is 1.23 bits per heavy atom. The van der Waals surface area contributed by atoms with E-state index in [-0.39, 0.29) is 25.0 Å². The van der Waals surface area contributed by atoms with Gasteiger partial charge < -0.3 is 9.67 Å². The number of carboxylic acids is 1. The maximum absolute atomic E-state index is 12.9. The molecule has 1 aromatic carbocycles. The number of Topliss-reactive ketones (excluding diaryl/α,β-unsaturated/α-hetero) is 1. The van der Waals surface area contributed by atoms with Crippen molar-refractivity contribution in [3.8, 4) is 0 Å². The molecule has 1 atom stereocenters. The van der Waals surface area contributed by atoms with Crippen LogP contribution in [0.3, 0.4) is 0 Å². The Balaban J connectivity index is 1.78. The van der Waals surface area contributed by atoms with E-state index in [1.807, 2.05) is 19.1 Å². The van der Waals surface area contributed by atoms with Crippen LogP contribution in [-0.4, -0.2) is 31.6 Å². The number of ketones is 1. The largest absolute Gasteiger partial charge is 0.481 e. The molecule has 1 aliphatic rings. The maximum atomic E-state index is 12.9. The van der Waals surface area contributed by atoms with Gasteiger partial charge in [0.05, 0.1) is 6.42 Å². The lowest BCUT2D eigenvalue weighted by molar-refractivity contribution is -0.137. The van der Waals surface area contributed by atoms with Crippen LogP contribution >= 0.6 is 11.6 Å². The third-order valence-electron chi connectivity index (χ3n) is 5.91. The van der Waals surface area contributed by atoms with Crippen molar-refractivity contribution in [1.82, 2.24) is 14.8 Å². The van der Waals surface area contributed by atoms with E-state index < -0.39 is 11.9 Å². The van der Waals surface area contributed by atoms with Crippen LogP contribution in [0, 0.1) is 12.8 Å². The molecule has 1 saturated carbocycles. The van der Waals surface area contributed by atoms with Crippen molar-refractivity contribution in [2.75, 3.05) is 0 Å². The van der Waals surface area contributed by atoms with Crippen LogP contribution in [0.25, 0.3) is 0 Å². The molecule has 0 spiro atoms. The number of carbonyl (C=O) groups is 2. The van der Waals surface area contributed by atoms with Gasteiger partial charge in [-0.3, -0.25) is 9.59 Å². The summed E-state index contributed by atoms with van der Waals surface area (Å²) in [6.07, 6.45) is 5.32. The molecule has 3 rings (SSSR count). The fourth-order valence-corrected chi connectivity index (χ4v) is 4.25. The molecule has 1 N–H and O–H groups in total. The second kappa shape index (κ2) is 10.4. The number of aryl methyl sites for hydroxylation is 1. The van der Waals surface area contributed by atoms with Crippen molar-refractivity contribution in [2.24, 2.45) is 5.92 Å². The van der Waals surface area contributed by atoms with E-state index in [9.17, 15) is 14.7 Å². The fourth-order valence-electron chi connectivity index (χ4n) is 4.05. The highest BCUT2D eigenvalue weighted by Gasteiger charge is 2.33. The summed E-state index contributed by atoms with van der Waals surface area (Å²) in [5, 5.41) is 18.9. The molecule has 1 unspecified atom stereocenters. The topological polar surface area (TPSA) is 85.1 Å². The number of benzene rings is 1. The minimum absolute atomic E-state index is 0.0108. The number of carbonyl (C=O) groups excluding carboxylic acids is 1. The van der Waals surface area contributed by atoms with Crippen molar-refractivity contribution in [3.05, 3.63) is 46.0 Å². The number of hydrogen-bond donors (Lipinski definition) is 1. The Labute approximate surface area is 189 Å². The summed E-state index contributed by atoms with van der Waals surface area (Å²) < 4.78 is 2.13. The van der Waals surface area contributed by atoms with Gasteiger partial charge in [0.15, 0.2) is 0 Å². The first kappa shape index (κ1) is 23.5. The van der Waals surface area contributed by atoms with Gasteiger partial charge in [-0.1, -0.05) is 44.0 Å². The Morgan fingerprint density at radius 3 is 2.61 bits per heavy atom. The van der Waals surface area contributed by atoms with Crippen LogP contribution in [-0.2, 0) is 22.4 Å². The highest BCUT2D eigenvalue weighted by molar-refractivity contribution is 6.31. The average molecular weight is 446 g/mol. The number of hydrogen-bond acceptors (Lipinski definition) is 4. The summed E-state index contributed by atoms with van der Waals surface area (Å²) in [5.74, 6) is 0.791. The number of carboxylic acid groups (broad SMARTS) is 1. The van der Waals surface area contributed by atoms with Gasteiger partial charge >= 0.3 is 5.97 Å². The van der Waals surface area contributed by atoms with Gasteiger partial charge in [0, 0.05) is 36.2 Å². The molecule has 2 aromatic rings. The van der Waals surface area contributed by atoms with E-state index in [0.29, 0.717) is 22.8 Å². The highest BCUT2D eigenvalue weighted by Crippen LogP contribution is 2.39. The van der Waals surface area contributed by atoms with Crippen molar-refractivity contribution < 1.29 is 14.7 Å². The van der Waals surface area contributed by atoms with Crippen LogP contribution < -0.4 is 0 Å². The molecule has 31 heavy (non-hydrogen) atoms. The molecule has 0 radical (unpaired) electrons. The molecule has 1 aliphatic carbocycles. The summed E-state index contributed by atoms with van der Waals surface area (Å²) in [6, 6.07) is 5.86. The molecule has 0 saturated heterocycles. The fraction of sp³-hybridized carbons (Fsp3) is 0.583. The summed E-state index contributed by atoms with van der Waals surface area (Å²) in [7, 11) is 0. The average Bonchev–Trinajstić information content (AvgIpc) is 3.44. The molecule has 1 heterocycles. The number of aliphatic carboxylic acids is 1. The highest BCUT2D eigenvalue weighted by atomic mass is 35.5. The lowest BCUT2D eigenvalue weighted by Crippen LogP contribution is -2.18. The zero-order valence-electron chi connectivity index (χ0n) is 18.6. The van der Waals surface area contributed by atoms with Crippen LogP contribution in [0.4, 0.5) is 0 Å². The maximum Gasteiger partial charge on any atom is 0.304 e. The standard InChI is InChI=1S/C24H32ClN3O3/c1-15(2)6-4-9-22-26-27-24(28(22)19-10-11-19)18(14-23(30)31)13-20(29)12-17-7-5-8-21(25)16(17)3/h5,7-8,15,18-19H,4,6,9-14H2,1-3H3,(H,30,31). The van der Waals surface area contributed by atoms with E-state index in [0.717, 1.165) is 49.1 Å². The van der Waals surface area contributed by atoms with Crippen LogP contribution in [0.5, 0.6) is 0 Å². The second-order valence-electron chi connectivity index (χ2n) is 9.10. The minimum Gasteiger partial charge on any atom is -0.481 e. The zero-order valence-corrected chi connectivity index (χ0v) is 19.4. The number of halogens is 1. The first-order valence-electron chi connectivity index (χ1n) is 11.2. The van der Waals surface area contributed by atoms with Gasteiger partial charge in [-0.05, 0) is 49.3 Å². The predicted molar refractivity (Wildman–Crippen MR) is 121 cm³/mol. The molecule has 6 nitrogen and oxygen atoms in total. The van der Waals surface area contributed by atoms with Crippen LogP contribution in [0.15, 0.2) is 18.2 Å². The smallest absolute Gasteiger partial charge is 0.304 e. The molecular weight excluding hydrogens is 414 g/mol. The van der Waals surface area contributed by atoms with E-state index in [4.69, 9.17) is 11.6 Å². The van der Waals surface area contributed by atoms with Gasteiger partial charge in [-0.25, -0.2) is 0 Å². The molecule has 7 heteroatoms. The molecule has 168 valence electrons. The van der Waals surface area contributed by atoms with E-state index >= 15 is 0 Å². The normalized spacial score (nSPS) is 14.7. The second-order valence-corrected chi connectivity index (χ2v) is 9.51. The monoisotopic (exact) mass is 445 g/mol. The predicted octanol–water partition coefficient (Wildman–Crippen LogP) is 5.31. The third kappa shape index (κ3) is 6.39. The van der Waals surface area contributed by atoms with Gasteiger partial charge in [0.25, 0.3) is 0 Å². The van der Waals surface area contributed by atoms with Gasteiger partial charge in [-0.15, -0.1) is 10.2 Å². The quantitative estimate of drug-likeness (QED) is 0.478. The summed E-state index contributed by atoms with van der Waals surface area (Å²) >= 11 is 6.18. The molecule has 1 aromatic heterocycles. The minimum atomic E-state index is -0.927. The summed E-state index contributed by atoms with van der Waals surface area (Å²) in [6.45, 7) is 6.30. The Hall–Kier alpha value is -2.21. The Bertz CT molecular complexity index is 934. The first-order valence-corrected chi connectivity index (χ1v) is 11.5. The molecule has 1 fully saturated rings. The zero-order chi connectivity index (χ0) is 22.5. The van der Waals surface area contributed by atoms with E-state index in [1.54, 1.807) is 6.07 Å². The lowest BCUT2D eigenvalue weighted by atomic mass is 9.93. The SMILES string of the molecule is Cc1c(Cl)cccc1CC(=O)CC(CC(=O)O)c1nnc(CCCC(C)C)n1C1CC1. The Kier molecular flexibility index (Phi) is 7.87. The van der Waals surface area contributed by atoms with Crippen molar-refractivity contribution in [3.63, 3.8) is 0 Å². The van der Waals surface area contributed by atoms with Crippen molar-refractivity contribution in [2.45, 2.75) is 84.1 Å². The molecule has 0 bridgehead atoms. The summed E-state index contributed by atoms with van der Waals surface area (Å²) in [5.41, 5.74) is 1.77. The lowest BCUT2D eigenvalue weighted by Gasteiger charge is -2.17.